The largest absolute Gasteiger partial charge is 0.391 e. The summed E-state index contributed by atoms with van der Waals surface area (Å²) in [5.74, 6) is 3.51. The molecule has 35 heavy (non-hydrogen) atoms. The third-order valence-corrected chi connectivity index (χ3v) is 7.14. The van der Waals surface area contributed by atoms with Gasteiger partial charge < -0.3 is 21.1 Å². The molecule has 184 valence electrons. The van der Waals surface area contributed by atoms with Crippen LogP contribution in [0.3, 0.4) is 0 Å². The molecule has 4 N–H and O–H groups in total. The Morgan fingerprint density at radius 2 is 2.06 bits per heavy atom. The fraction of sp³-hybridized carbons (Fsp3) is 0.520. The fourth-order valence-electron chi connectivity index (χ4n) is 4.83. The molecule has 1 aliphatic carbocycles. The van der Waals surface area contributed by atoms with Gasteiger partial charge in [0, 0.05) is 36.8 Å². The predicted molar refractivity (Wildman–Crippen MR) is 135 cm³/mol. The third-order valence-electron chi connectivity index (χ3n) is 7.14. The van der Waals surface area contributed by atoms with Crippen LogP contribution in [0.25, 0.3) is 11.3 Å². The molecule has 4 aromatic heterocycles. The van der Waals surface area contributed by atoms with Gasteiger partial charge >= 0.3 is 0 Å². The van der Waals surface area contributed by atoms with E-state index in [0.717, 1.165) is 47.3 Å². The van der Waals surface area contributed by atoms with E-state index in [0.29, 0.717) is 31.5 Å². The minimum atomic E-state index is -0.347. The number of aliphatic hydroxyl groups is 1. The summed E-state index contributed by atoms with van der Waals surface area (Å²) in [5, 5.41) is 29.7. The Morgan fingerprint density at radius 3 is 2.86 bits per heavy atom. The first-order valence-corrected chi connectivity index (χ1v) is 12.7. The van der Waals surface area contributed by atoms with Gasteiger partial charge in [0.25, 0.3) is 0 Å². The molecule has 1 saturated carbocycles. The van der Waals surface area contributed by atoms with Gasteiger partial charge in [-0.3, -0.25) is 0 Å². The van der Waals surface area contributed by atoms with Crippen LogP contribution in [-0.4, -0.2) is 60.0 Å². The first kappa shape index (κ1) is 22.2. The highest BCUT2D eigenvalue weighted by Crippen LogP contribution is 2.40. The second-order valence-electron chi connectivity index (χ2n) is 10.1. The van der Waals surface area contributed by atoms with Gasteiger partial charge in [-0.1, -0.05) is 13.8 Å². The van der Waals surface area contributed by atoms with Gasteiger partial charge in [-0.25, -0.2) is 14.5 Å². The molecule has 0 radical (unpaired) electrons. The number of nitrogens with one attached hydrogen (secondary N) is 3. The molecule has 10 nitrogen and oxygen atoms in total. The lowest BCUT2D eigenvalue weighted by molar-refractivity contribution is 0.0883. The van der Waals surface area contributed by atoms with Crippen LogP contribution in [0.5, 0.6) is 0 Å². The average Bonchev–Trinajstić information content (AvgIpc) is 3.48. The maximum Gasteiger partial charge on any atom is 0.170 e. The lowest BCUT2D eigenvalue weighted by Crippen LogP contribution is -2.43. The van der Waals surface area contributed by atoms with Crippen molar-refractivity contribution in [3.8, 4) is 0 Å². The normalized spacial score (nSPS) is 20.7. The van der Waals surface area contributed by atoms with Crippen molar-refractivity contribution >= 4 is 22.9 Å². The summed E-state index contributed by atoms with van der Waals surface area (Å²) in [7, 11) is 0. The van der Waals surface area contributed by atoms with Crippen LogP contribution in [0.2, 0.25) is 0 Å². The van der Waals surface area contributed by atoms with Crippen molar-refractivity contribution in [1.29, 1.82) is 0 Å². The number of aromatic nitrogens is 6. The van der Waals surface area contributed by atoms with Crippen LogP contribution >= 0.6 is 0 Å². The van der Waals surface area contributed by atoms with Crippen molar-refractivity contribution in [1.82, 2.24) is 34.5 Å². The van der Waals surface area contributed by atoms with Gasteiger partial charge in [0.2, 0.25) is 0 Å². The third kappa shape index (κ3) is 4.55. The molecule has 6 rings (SSSR count). The Labute approximate surface area is 204 Å². The van der Waals surface area contributed by atoms with Crippen LogP contribution in [0, 0.1) is 5.92 Å². The molecule has 2 aliphatic rings. The van der Waals surface area contributed by atoms with E-state index in [1.54, 1.807) is 0 Å². The fourth-order valence-corrected chi connectivity index (χ4v) is 4.83. The Morgan fingerprint density at radius 1 is 1.17 bits per heavy atom. The van der Waals surface area contributed by atoms with E-state index in [4.69, 9.17) is 9.97 Å². The van der Waals surface area contributed by atoms with Crippen LogP contribution in [0.15, 0.2) is 30.6 Å². The van der Waals surface area contributed by atoms with Gasteiger partial charge in [-0.15, -0.1) is 5.10 Å². The Balaban J connectivity index is 1.24. The van der Waals surface area contributed by atoms with Crippen LogP contribution in [0.4, 0.5) is 11.6 Å². The SMILES string of the molecule is CC(C)c1cnn2c(NCc3nc4cc(C5CC5)ccn4n3)cc(NCC3CCNCC3O)nc12. The Hall–Kier alpha value is -3.24. The zero-order valence-corrected chi connectivity index (χ0v) is 20.3. The average molecular weight is 476 g/mol. The number of hydrogen-bond donors (Lipinski definition) is 4. The molecular weight excluding hydrogens is 442 g/mol. The number of pyridine rings is 1. The van der Waals surface area contributed by atoms with Crippen molar-refractivity contribution in [2.75, 3.05) is 30.3 Å². The van der Waals surface area contributed by atoms with Crippen molar-refractivity contribution in [3.05, 3.63) is 47.5 Å². The zero-order valence-electron chi connectivity index (χ0n) is 20.3. The van der Waals surface area contributed by atoms with Gasteiger partial charge in [0.05, 0.1) is 18.8 Å². The van der Waals surface area contributed by atoms with E-state index in [-0.39, 0.29) is 12.0 Å². The lowest BCUT2D eigenvalue weighted by atomic mass is 9.95. The Kier molecular flexibility index (Phi) is 5.77. The van der Waals surface area contributed by atoms with Crippen molar-refractivity contribution < 1.29 is 5.11 Å². The number of fused-ring (bicyclic) bond motifs is 2. The molecule has 2 atom stereocenters. The number of anilines is 2. The summed E-state index contributed by atoms with van der Waals surface area (Å²) in [5.41, 5.74) is 4.16. The second kappa shape index (κ2) is 9.09. The maximum atomic E-state index is 10.3. The number of nitrogens with zero attached hydrogens (tertiary/aromatic N) is 6. The summed E-state index contributed by atoms with van der Waals surface area (Å²) < 4.78 is 3.69. The minimum absolute atomic E-state index is 0.197. The maximum absolute atomic E-state index is 10.3. The molecule has 0 amide bonds. The first-order valence-electron chi connectivity index (χ1n) is 12.7. The van der Waals surface area contributed by atoms with Gasteiger partial charge in [-0.05, 0) is 55.3 Å². The quantitative estimate of drug-likeness (QED) is 0.307. The highest BCUT2D eigenvalue weighted by Gasteiger charge is 2.24. The van der Waals surface area contributed by atoms with Crippen LogP contribution < -0.4 is 16.0 Å². The van der Waals surface area contributed by atoms with E-state index in [1.165, 1.54) is 18.4 Å². The summed E-state index contributed by atoms with van der Waals surface area (Å²) in [4.78, 5) is 9.60. The molecule has 2 unspecified atom stereocenters. The molecule has 5 heterocycles. The highest BCUT2D eigenvalue weighted by molar-refractivity contribution is 5.61. The number of aliphatic hydroxyl groups excluding tert-OH is 1. The zero-order chi connectivity index (χ0) is 23.9. The highest BCUT2D eigenvalue weighted by atomic mass is 16.3. The summed E-state index contributed by atoms with van der Waals surface area (Å²) in [6, 6.07) is 6.27. The molecule has 1 saturated heterocycles. The van der Waals surface area contributed by atoms with Crippen molar-refractivity contribution in [2.45, 2.75) is 57.6 Å². The van der Waals surface area contributed by atoms with Crippen molar-refractivity contribution in [2.24, 2.45) is 5.92 Å². The van der Waals surface area contributed by atoms with Gasteiger partial charge in [0.1, 0.15) is 11.6 Å². The molecule has 4 aromatic rings. The smallest absolute Gasteiger partial charge is 0.170 e. The van der Waals surface area contributed by atoms with E-state index in [9.17, 15) is 5.11 Å². The summed E-state index contributed by atoms with van der Waals surface area (Å²) >= 11 is 0. The van der Waals surface area contributed by atoms with E-state index in [1.807, 2.05) is 27.5 Å². The monoisotopic (exact) mass is 475 g/mol. The standard InChI is InChI=1S/C25H33N9O/c1-15(2)19-12-29-34-23(10-21(31-25(19)34)27-11-18-5-7-26-13-20(18)35)28-14-22-30-24-9-17(16-3-4-16)6-8-33(24)32-22/h6,8-10,12,15-16,18,20,26,28,35H,3-5,7,11,13-14H2,1-2H3,(H,27,31). The van der Waals surface area contributed by atoms with Gasteiger partial charge in [0.15, 0.2) is 17.1 Å². The molecule has 0 spiro atoms. The molecular formula is C25H33N9O. The van der Waals surface area contributed by atoms with Crippen LogP contribution in [0.1, 0.15) is 61.9 Å². The lowest BCUT2D eigenvalue weighted by Gasteiger charge is -2.28. The number of rotatable bonds is 8. The molecule has 10 heteroatoms. The second-order valence-corrected chi connectivity index (χ2v) is 10.1. The summed E-state index contributed by atoms with van der Waals surface area (Å²) in [6.07, 6.45) is 7.02. The van der Waals surface area contributed by atoms with Crippen molar-refractivity contribution in [3.63, 3.8) is 0 Å². The molecule has 2 fully saturated rings. The number of hydrogen-bond acceptors (Lipinski definition) is 8. The van der Waals surface area contributed by atoms with Crippen LogP contribution in [-0.2, 0) is 6.54 Å². The molecule has 1 aliphatic heterocycles. The number of β-amino-alcohol motifs (C(OH)–C–C–N with tert-alkyl or cyclic N) is 1. The predicted octanol–water partition coefficient (Wildman–Crippen LogP) is 2.77. The Bertz CT molecular complexity index is 1340. The van der Waals surface area contributed by atoms with E-state index in [2.05, 4.69) is 52.1 Å². The molecule has 0 bridgehead atoms. The molecule has 0 aromatic carbocycles. The van der Waals surface area contributed by atoms with E-state index >= 15 is 0 Å². The minimum Gasteiger partial charge on any atom is -0.391 e. The topological polar surface area (TPSA) is 117 Å². The summed E-state index contributed by atoms with van der Waals surface area (Å²) in [6.45, 7) is 7.01. The first-order chi connectivity index (χ1) is 17.0. The number of piperidine rings is 1. The van der Waals surface area contributed by atoms with E-state index < -0.39 is 0 Å². The van der Waals surface area contributed by atoms with Gasteiger partial charge in [-0.2, -0.15) is 9.61 Å².